The monoisotopic (exact) mass is 404 g/mol. The lowest BCUT2D eigenvalue weighted by Gasteiger charge is -2.42. The zero-order chi connectivity index (χ0) is 19.8. The first-order valence-corrected chi connectivity index (χ1v) is 11.8. The number of guanidine groups is 1. The van der Waals surface area contributed by atoms with Crippen LogP contribution >= 0.6 is 11.8 Å². The van der Waals surface area contributed by atoms with Gasteiger partial charge in [-0.1, -0.05) is 29.3 Å². The maximum absolute atomic E-state index is 5.57. The zero-order valence-corrected chi connectivity index (χ0v) is 18.5. The molecule has 0 radical (unpaired) electrons. The summed E-state index contributed by atoms with van der Waals surface area (Å²) in [6.45, 7) is 12.9. The van der Waals surface area contributed by atoms with E-state index in [0.717, 1.165) is 58.3 Å². The van der Waals surface area contributed by atoms with Crippen molar-refractivity contribution in [2.45, 2.75) is 39.2 Å². The van der Waals surface area contributed by atoms with Gasteiger partial charge in [0.1, 0.15) is 0 Å². The topological polar surface area (TPSA) is 48.9 Å². The molecule has 1 unspecified atom stereocenters. The highest BCUT2D eigenvalue weighted by Gasteiger charge is 2.40. The molecule has 0 aromatic heterocycles. The normalized spacial score (nSPS) is 23.8. The number of aryl methyl sites for hydroxylation is 2. The highest BCUT2D eigenvalue weighted by atomic mass is 32.2. The van der Waals surface area contributed by atoms with E-state index in [4.69, 9.17) is 9.73 Å². The molecule has 0 aliphatic carbocycles. The highest BCUT2D eigenvalue weighted by molar-refractivity contribution is 7.99. The predicted molar refractivity (Wildman–Crippen MR) is 121 cm³/mol. The molecule has 2 aliphatic rings. The van der Waals surface area contributed by atoms with Crippen molar-refractivity contribution in [3.8, 4) is 0 Å². The van der Waals surface area contributed by atoms with E-state index < -0.39 is 0 Å². The molecule has 2 saturated heterocycles. The van der Waals surface area contributed by atoms with Crippen molar-refractivity contribution in [3.63, 3.8) is 0 Å². The summed E-state index contributed by atoms with van der Waals surface area (Å²) in [6, 6.07) is 6.79. The number of hydrogen-bond acceptors (Lipinski definition) is 4. The van der Waals surface area contributed by atoms with Gasteiger partial charge in [-0.15, -0.1) is 0 Å². The molecule has 2 aliphatic heterocycles. The molecule has 1 aromatic carbocycles. The average molecular weight is 405 g/mol. The number of rotatable bonds is 7. The van der Waals surface area contributed by atoms with Crippen LogP contribution in [0, 0.1) is 13.8 Å². The maximum atomic E-state index is 5.57. The van der Waals surface area contributed by atoms with Crippen LogP contribution in [-0.4, -0.2) is 73.8 Å². The highest BCUT2D eigenvalue weighted by Crippen LogP contribution is 2.34. The first-order valence-electron chi connectivity index (χ1n) is 10.6. The summed E-state index contributed by atoms with van der Waals surface area (Å²) in [5, 5.41) is 6.97. The first-order chi connectivity index (χ1) is 13.6. The maximum Gasteiger partial charge on any atom is 0.191 e. The van der Waals surface area contributed by atoms with Gasteiger partial charge in [0.15, 0.2) is 5.96 Å². The van der Waals surface area contributed by atoms with Crippen LogP contribution in [0.3, 0.4) is 0 Å². The molecule has 0 spiro atoms. The van der Waals surface area contributed by atoms with Crippen molar-refractivity contribution in [2.24, 2.45) is 4.99 Å². The van der Waals surface area contributed by atoms with E-state index >= 15 is 0 Å². The number of nitrogens with zero attached hydrogens (tertiary/aromatic N) is 2. The van der Waals surface area contributed by atoms with Gasteiger partial charge >= 0.3 is 0 Å². The summed E-state index contributed by atoms with van der Waals surface area (Å²) in [7, 11) is 0. The molecule has 0 bridgehead atoms. The number of nitrogens with one attached hydrogen (secondary N) is 2. The van der Waals surface area contributed by atoms with Gasteiger partial charge in [-0.2, -0.15) is 11.8 Å². The lowest BCUT2D eigenvalue weighted by atomic mass is 9.96. The average Bonchev–Trinajstić information content (AvgIpc) is 3.16. The van der Waals surface area contributed by atoms with E-state index in [0.29, 0.717) is 0 Å². The van der Waals surface area contributed by atoms with Crippen molar-refractivity contribution >= 4 is 17.7 Å². The summed E-state index contributed by atoms with van der Waals surface area (Å²) in [4.78, 5) is 7.63. The number of ether oxygens (including phenoxy) is 1. The minimum Gasteiger partial charge on any atom is -0.379 e. The molecule has 3 rings (SSSR count). The molecule has 0 amide bonds. The Morgan fingerprint density at radius 1 is 1.18 bits per heavy atom. The molecular formula is C22H36N4OS. The Morgan fingerprint density at radius 2 is 1.93 bits per heavy atom. The molecule has 156 valence electrons. The zero-order valence-electron chi connectivity index (χ0n) is 17.7. The molecule has 1 atom stereocenters. The Bertz CT molecular complexity index is 632. The van der Waals surface area contributed by atoms with Crippen LogP contribution in [0.2, 0.25) is 0 Å². The molecule has 2 fully saturated rings. The van der Waals surface area contributed by atoms with E-state index in [1.54, 1.807) is 0 Å². The number of aliphatic imine (C=N–C) groups is 1. The van der Waals surface area contributed by atoms with Gasteiger partial charge in [-0.3, -0.25) is 9.89 Å². The standard InChI is InChI=1S/C22H36N4OS/c1-4-23-21(24-7-5-20-14-18(2)13-19(3)15-20)25-16-22(6-12-28-17-22)26-8-10-27-11-9-26/h13-15H,4-12,16-17H2,1-3H3,(H2,23,24,25). The summed E-state index contributed by atoms with van der Waals surface area (Å²) in [6.07, 6.45) is 2.24. The Kier molecular flexibility index (Phi) is 8.06. The van der Waals surface area contributed by atoms with Crippen LogP contribution < -0.4 is 10.6 Å². The minimum absolute atomic E-state index is 0.199. The number of morpholine rings is 1. The van der Waals surface area contributed by atoms with Crippen molar-refractivity contribution in [1.29, 1.82) is 0 Å². The van der Waals surface area contributed by atoms with Crippen molar-refractivity contribution in [1.82, 2.24) is 15.5 Å². The second-order valence-corrected chi connectivity index (χ2v) is 9.10. The number of thioether (sulfide) groups is 1. The number of benzene rings is 1. The molecule has 5 nitrogen and oxygen atoms in total. The van der Waals surface area contributed by atoms with Crippen LogP contribution in [0.25, 0.3) is 0 Å². The van der Waals surface area contributed by atoms with Gasteiger partial charge in [0, 0.05) is 31.9 Å². The van der Waals surface area contributed by atoms with Crippen molar-refractivity contribution in [3.05, 3.63) is 34.9 Å². The fraction of sp³-hybridized carbons (Fsp3) is 0.682. The fourth-order valence-electron chi connectivity index (χ4n) is 4.21. The van der Waals surface area contributed by atoms with Crippen LogP contribution in [0.1, 0.15) is 30.0 Å². The largest absolute Gasteiger partial charge is 0.379 e. The summed E-state index contributed by atoms with van der Waals surface area (Å²) >= 11 is 2.06. The molecule has 1 aromatic rings. The molecular weight excluding hydrogens is 368 g/mol. The van der Waals surface area contributed by atoms with Gasteiger partial charge in [0.25, 0.3) is 0 Å². The third-order valence-corrected chi connectivity index (χ3v) is 6.86. The van der Waals surface area contributed by atoms with Crippen LogP contribution in [-0.2, 0) is 11.2 Å². The summed E-state index contributed by atoms with van der Waals surface area (Å²) in [5.74, 6) is 3.36. The summed E-state index contributed by atoms with van der Waals surface area (Å²) in [5.41, 5.74) is 4.26. The molecule has 2 heterocycles. The second kappa shape index (κ2) is 10.5. The Morgan fingerprint density at radius 3 is 2.57 bits per heavy atom. The first kappa shape index (κ1) is 21.5. The third kappa shape index (κ3) is 5.88. The van der Waals surface area contributed by atoms with E-state index in [9.17, 15) is 0 Å². The van der Waals surface area contributed by atoms with Crippen LogP contribution in [0.4, 0.5) is 0 Å². The van der Waals surface area contributed by atoms with E-state index in [-0.39, 0.29) is 5.54 Å². The molecule has 2 N–H and O–H groups in total. The lowest BCUT2D eigenvalue weighted by molar-refractivity contribution is -0.0104. The minimum atomic E-state index is 0.199. The third-order valence-electron chi connectivity index (χ3n) is 5.63. The van der Waals surface area contributed by atoms with Gasteiger partial charge < -0.3 is 15.4 Å². The van der Waals surface area contributed by atoms with Crippen LogP contribution in [0.15, 0.2) is 23.2 Å². The van der Waals surface area contributed by atoms with Gasteiger partial charge in [0.05, 0.1) is 25.3 Å². The smallest absolute Gasteiger partial charge is 0.191 e. The van der Waals surface area contributed by atoms with Crippen LogP contribution in [0.5, 0.6) is 0 Å². The van der Waals surface area contributed by atoms with Gasteiger partial charge in [-0.25, -0.2) is 0 Å². The van der Waals surface area contributed by atoms with E-state index in [1.807, 2.05) is 0 Å². The Balaban J connectivity index is 1.59. The lowest BCUT2D eigenvalue weighted by Crippen LogP contribution is -2.56. The molecule has 6 heteroatoms. The quantitative estimate of drug-likeness (QED) is 0.540. The summed E-state index contributed by atoms with van der Waals surface area (Å²) < 4.78 is 5.57. The predicted octanol–water partition coefficient (Wildman–Crippen LogP) is 2.61. The van der Waals surface area contributed by atoms with Crippen molar-refractivity contribution < 1.29 is 4.74 Å². The van der Waals surface area contributed by atoms with Gasteiger partial charge in [0.2, 0.25) is 0 Å². The molecule has 0 saturated carbocycles. The molecule has 28 heavy (non-hydrogen) atoms. The Labute approximate surface area is 174 Å². The SMILES string of the molecule is CCNC(=NCC1(N2CCOCC2)CCSC1)NCCc1cc(C)cc(C)c1. The Hall–Kier alpha value is -1.24. The van der Waals surface area contributed by atoms with E-state index in [1.165, 1.54) is 34.6 Å². The second-order valence-electron chi connectivity index (χ2n) is 7.99. The van der Waals surface area contributed by atoms with E-state index in [2.05, 4.69) is 66.3 Å². The van der Waals surface area contributed by atoms with Gasteiger partial charge in [-0.05, 0) is 44.9 Å². The van der Waals surface area contributed by atoms with Crippen molar-refractivity contribution in [2.75, 3.05) is 57.4 Å². The fourth-order valence-corrected chi connectivity index (χ4v) is 5.68. The number of hydrogen-bond donors (Lipinski definition) is 2.